The summed E-state index contributed by atoms with van der Waals surface area (Å²) in [5.41, 5.74) is 4.56. The Morgan fingerprint density at radius 3 is 2.70 bits per heavy atom. The molecule has 0 radical (unpaired) electrons. The molecule has 2 rings (SSSR count). The molecule has 2 aliphatic carbocycles. The average molecular weight is 132 g/mol. The first-order valence-corrected chi connectivity index (χ1v) is 3.94. The van der Waals surface area contributed by atoms with E-state index in [4.69, 9.17) is 0 Å². The molecule has 52 valence electrons. The largest absolute Gasteiger partial charge is 0.0801 e. The summed E-state index contributed by atoms with van der Waals surface area (Å²) in [5.74, 6) is 0. The fraction of sp³-hybridized carbons (Fsp3) is 0.400. The molecule has 0 aliphatic heterocycles. The van der Waals surface area contributed by atoms with Crippen molar-refractivity contribution >= 4 is 0 Å². The van der Waals surface area contributed by atoms with Crippen molar-refractivity contribution in [3.05, 3.63) is 34.9 Å². The third-order valence-electron chi connectivity index (χ3n) is 2.30. The van der Waals surface area contributed by atoms with Gasteiger partial charge in [0, 0.05) is 0 Å². The molecule has 0 amide bonds. The van der Waals surface area contributed by atoms with Crippen LogP contribution in [0.4, 0.5) is 0 Å². The topological polar surface area (TPSA) is 0 Å². The molecule has 10 heavy (non-hydrogen) atoms. The molecule has 0 aromatic heterocycles. The molecule has 0 nitrogen and oxygen atoms in total. The summed E-state index contributed by atoms with van der Waals surface area (Å²) < 4.78 is 0. The highest BCUT2D eigenvalue weighted by atomic mass is 14.2. The molecule has 0 unspecified atom stereocenters. The van der Waals surface area contributed by atoms with Gasteiger partial charge in [-0.2, -0.15) is 0 Å². The molecule has 0 spiro atoms. The maximum Gasteiger partial charge on any atom is -0.00888 e. The molecule has 0 heterocycles. The van der Waals surface area contributed by atoms with Gasteiger partial charge in [0.25, 0.3) is 0 Å². The molecule has 0 heteroatoms. The van der Waals surface area contributed by atoms with Gasteiger partial charge in [0.1, 0.15) is 0 Å². The summed E-state index contributed by atoms with van der Waals surface area (Å²) in [4.78, 5) is 0. The van der Waals surface area contributed by atoms with Crippen molar-refractivity contribution in [2.24, 2.45) is 0 Å². The van der Waals surface area contributed by atoms with Gasteiger partial charge in [-0.15, -0.1) is 0 Å². The van der Waals surface area contributed by atoms with E-state index in [1.54, 1.807) is 5.57 Å². The second-order valence-corrected chi connectivity index (χ2v) is 3.02. The van der Waals surface area contributed by atoms with E-state index >= 15 is 0 Å². The standard InChI is InChI=1S/C10H12/c1-8-6-7-9-4-2-3-5-10(8)9/h4-6H,2-3,7H2,1H3. The second-order valence-electron chi connectivity index (χ2n) is 3.02. The monoisotopic (exact) mass is 132 g/mol. The predicted molar refractivity (Wildman–Crippen MR) is 43.8 cm³/mol. The van der Waals surface area contributed by atoms with Crippen LogP contribution in [-0.4, -0.2) is 0 Å². The summed E-state index contributed by atoms with van der Waals surface area (Å²) in [6, 6.07) is 0. The van der Waals surface area contributed by atoms with Crippen molar-refractivity contribution in [1.29, 1.82) is 0 Å². The molecule has 0 N–H and O–H groups in total. The van der Waals surface area contributed by atoms with E-state index in [0.29, 0.717) is 0 Å². The van der Waals surface area contributed by atoms with E-state index in [9.17, 15) is 0 Å². The van der Waals surface area contributed by atoms with E-state index in [1.807, 2.05) is 0 Å². The van der Waals surface area contributed by atoms with E-state index in [1.165, 1.54) is 30.4 Å². The van der Waals surface area contributed by atoms with Gasteiger partial charge in [-0.1, -0.05) is 18.2 Å². The van der Waals surface area contributed by atoms with Crippen molar-refractivity contribution in [2.75, 3.05) is 0 Å². The Morgan fingerprint density at radius 2 is 1.90 bits per heavy atom. The number of allylic oxidation sites excluding steroid dienone is 6. The van der Waals surface area contributed by atoms with Crippen LogP contribution in [0, 0.1) is 0 Å². The van der Waals surface area contributed by atoms with Crippen LogP contribution in [0.25, 0.3) is 0 Å². The fourth-order valence-corrected chi connectivity index (χ4v) is 1.71. The molecule has 0 aromatic carbocycles. The zero-order valence-corrected chi connectivity index (χ0v) is 6.35. The number of rotatable bonds is 0. The minimum Gasteiger partial charge on any atom is -0.0801 e. The molecule has 0 aromatic rings. The summed E-state index contributed by atoms with van der Waals surface area (Å²) >= 11 is 0. The molecular formula is C10H12. The van der Waals surface area contributed by atoms with Crippen LogP contribution >= 0.6 is 0 Å². The summed E-state index contributed by atoms with van der Waals surface area (Å²) in [6.45, 7) is 2.21. The highest BCUT2D eigenvalue weighted by molar-refractivity contribution is 5.53. The lowest BCUT2D eigenvalue weighted by molar-refractivity contribution is 0.993. The zero-order chi connectivity index (χ0) is 6.97. The highest BCUT2D eigenvalue weighted by Crippen LogP contribution is 2.33. The van der Waals surface area contributed by atoms with E-state index in [0.717, 1.165) is 0 Å². The van der Waals surface area contributed by atoms with Gasteiger partial charge in [-0.25, -0.2) is 0 Å². The number of fused-ring (bicyclic) bond motifs is 1. The Hall–Kier alpha value is -0.780. The van der Waals surface area contributed by atoms with E-state index in [-0.39, 0.29) is 0 Å². The second kappa shape index (κ2) is 2.12. The fourth-order valence-electron chi connectivity index (χ4n) is 1.71. The number of hydrogen-bond acceptors (Lipinski definition) is 0. The van der Waals surface area contributed by atoms with Gasteiger partial charge in [0.15, 0.2) is 0 Å². The van der Waals surface area contributed by atoms with Crippen molar-refractivity contribution < 1.29 is 0 Å². The minimum atomic E-state index is 1.18. The first kappa shape index (κ1) is 5.96. The summed E-state index contributed by atoms with van der Waals surface area (Å²) in [7, 11) is 0. The molecule has 0 atom stereocenters. The van der Waals surface area contributed by atoms with Gasteiger partial charge in [0.05, 0.1) is 0 Å². The number of hydrogen-bond donors (Lipinski definition) is 0. The Balaban J connectivity index is 2.39. The Bertz CT molecular complexity index is 239. The van der Waals surface area contributed by atoms with Gasteiger partial charge in [0.2, 0.25) is 0 Å². The van der Waals surface area contributed by atoms with Crippen molar-refractivity contribution in [3.63, 3.8) is 0 Å². The molecule has 0 fully saturated rings. The van der Waals surface area contributed by atoms with E-state index < -0.39 is 0 Å². The SMILES string of the molecule is CC1=CCC2=CCCC=C12. The predicted octanol–water partition coefficient (Wildman–Crippen LogP) is 2.98. The van der Waals surface area contributed by atoms with Gasteiger partial charge >= 0.3 is 0 Å². The van der Waals surface area contributed by atoms with Crippen LogP contribution < -0.4 is 0 Å². The molecule has 0 saturated carbocycles. The Labute approximate surface area is 61.9 Å². The molecule has 2 aliphatic rings. The zero-order valence-electron chi connectivity index (χ0n) is 6.35. The maximum absolute atomic E-state index is 2.38. The lowest BCUT2D eigenvalue weighted by Gasteiger charge is -2.08. The summed E-state index contributed by atoms with van der Waals surface area (Å²) in [6.07, 6.45) is 10.7. The van der Waals surface area contributed by atoms with Gasteiger partial charge < -0.3 is 0 Å². The van der Waals surface area contributed by atoms with Crippen molar-refractivity contribution in [2.45, 2.75) is 26.2 Å². The smallest absolute Gasteiger partial charge is 0.00888 e. The van der Waals surface area contributed by atoms with Crippen LogP contribution in [0.15, 0.2) is 34.9 Å². The van der Waals surface area contributed by atoms with E-state index in [2.05, 4.69) is 25.2 Å². The summed E-state index contributed by atoms with van der Waals surface area (Å²) in [5, 5.41) is 0. The van der Waals surface area contributed by atoms with Crippen LogP contribution in [0.5, 0.6) is 0 Å². The van der Waals surface area contributed by atoms with Crippen LogP contribution in [-0.2, 0) is 0 Å². The van der Waals surface area contributed by atoms with Gasteiger partial charge in [-0.3, -0.25) is 0 Å². The first-order chi connectivity index (χ1) is 4.88. The molecule has 0 saturated heterocycles. The normalized spacial score (nSPS) is 23.1. The molecule has 0 bridgehead atoms. The Kier molecular flexibility index (Phi) is 1.26. The first-order valence-electron chi connectivity index (χ1n) is 3.94. The Morgan fingerprint density at radius 1 is 1.10 bits per heavy atom. The van der Waals surface area contributed by atoms with Crippen LogP contribution in [0.1, 0.15) is 26.2 Å². The van der Waals surface area contributed by atoms with Crippen LogP contribution in [0.3, 0.4) is 0 Å². The van der Waals surface area contributed by atoms with Crippen molar-refractivity contribution in [3.8, 4) is 0 Å². The van der Waals surface area contributed by atoms with Crippen LogP contribution in [0.2, 0.25) is 0 Å². The quantitative estimate of drug-likeness (QED) is 0.475. The molecular weight excluding hydrogens is 120 g/mol. The average Bonchev–Trinajstić information content (AvgIpc) is 2.34. The van der Waals surface area contributed by atoms with Gasteiger partial charge in [-0.05, 0) is 42.9 Å². The van der Waals surface area contributed by atoms with Crippen molar-refractivity contribution in [1.82, 2.24) is 0 Å². The third kappa shape index (κ3) is 0.756. The lowest BCUT2D eigenvalue weighted by Crippen LogP contribution is -1.88. The lowest BCUT2D eigenvalue weighted by atomic mass is 9.97. The maximum atomic E-state index is 2.38. The third-order valence-corrected chi connectivity index (χ3v) is 2.30. The minimum absolute atomic E-state index is 1.18. The highest BCUT2D eigenvalue weighted by Gasteiger charge is 2.14.